The van der Waals surface area contributed by atoms with E-state index in [0.717, 1.165) is 25.7 Å². The first-order valence-electron chi connectivity index (χ1n) is 6.23. The Hall–Kier alpha value is -1.35. The van der Waals surface area contributed by atoms with Crippen molar-refractivity contribution in [2.75, 3.05) is 6.61 Å². The Morgan fingerprint density at radius 1 is 1.29 bits per heavy atom. The lowest BCUT2D eigenvalue weighted by Crippen LogP contribution is -2.39. The van der Waals surface area contributed by atoms with Crippen molar-refractivity contribution in [1.29, 1.82) is 0 Å². The zero-order chi connectivity index (χ0) is 12.1. The molecule has 2 atom stereocenters. The summed E-state index contributed by atoms with van der Waals surface area (Å²) in [6.07, 6.45) is 4.36. The molecule has 0 heterocycles. The molecule has 0 unspecified atom stereocenters. The summed E-state index contributed by atoms with van der Waals surface area (Å²) >= 11 is 0. The molecular formula is C14H19NO2. The maximum atomic E-state index is 11.2. The SMILES string of the molecule is O=C(CO)N[C@@H]1CCC[C@@H]1Cc1ccccc1. The molecule has 1 aliphatic rings. The minimum atomic E-state index is -0.408. The molecule has 1 aromatic rings. The van der Waals surface area contributed by atoms with E-state index in [0.29, 0.717) is 5.92 Å². The number of nitrogens with one attached hydrogen (secondary N) is 1. The van der Waals surface area contributed by atoms with Gasteiger partial charge in [0.15, 0.2) is 0 Å². The van der Waals surface area contributed by atoms with E-state index >= 15 is 0 Å². The Morgan fingerprint density at radius 3 is 2.76 bits per heavy atom. The van der Waals surface area contributed by atoms with Gasteiger partial charge >= 0.3 is 0 Å². The second-order valence-electron chi connectivity index (χ2n) is 4.71. The number of hydrogen-bond acceptors (Lipinski definition) is 2. The van der Waals surface area contributed by atoms with Crippen LogP contribution in [0.1, 0.15) is 24.8 Å². The number of carbonyl (C=O) groups is 1. The zero-order valence-corrected chi connectivity index (χ0v) is 9.93. The van der Waals surface area contributed by atoms with Crippen molar-refractivity contribution in [2.24, 2.45) is 5.92 Å². The van der Waals surface area contributed by atoms with E-state index < -0.39 is 6.61 Å². The Kier molecular flexibility index (Phi) is 4.15. The van der Waals surface area contributed by atoms with Crippen LogP contribution in [0.4, 0.5) is 0 Å². The highest BCUT2D eigenvalue weighted by Gasteiger charge is 2.28. The number of rotatable bonds is 4. The van der Waals surface area contributed by atoms with Crippen LogP contribution in [0.15, 0.2) is 30.3 Å². The topological polar surface area (TPSA) is 49.3 Å². The van der Waals surface area contributed by atoms with E-state index in [1.165, 1.54) is 5.56 Å². The molecule has 92 valence electrons. The van der Waals surface area contributed by atoms with Crippen molar-refractivity contribution >= 4 is 5.91 Å². The summed E-state index contributed by atoms with van der Waals surface area (Å²) in [5.74, 6) is 0.253. The maximum Gasteiger partial charge on any atom is 0.245 e. The van der Waals surface area contributed by atoms with Crippen molar-refractivity contribution in [1.82, 2.24) is 5.32 Å². The first kappa shape index (κ1) is 12.1. The van der Waals surface area contributed by atoms with Crippen molar-refractivity contribution in [3.63, 3.8) is 0 Å². The first-order chi connectivity index (χ1) is 8.29. The summed E-state index contributed by atoms with van der Waals surface area (Å²) in [5, 5.41) is 11.7. The average molecular weight is 233 g/mol. The number of benzene rings is 1. The zero-order valence-electron chi connectivity index (χ0n) is 9.93. The molecule has 17 heavy (non-hydrogen) atoms. The predicted octanol–water partition coefficient (Wildman–Crippen LogP) is 1.51. The highest BCUT2D eigenvalue weighted by atomic mass is 16.3. The molecule has 2 rings (SSSR count). The van der Waals surface area contributed by atoms with Crippen LogP contribution in [0.5, 0.6) is 0 Å². The lowest BCUT2D eigenvalue weighted by molar-refractivity contribution is -0.124. The van der Waals surface area contributed by atoms with Gasteiger partial charge in [-0.1, -0.05) is 36.8 Å². The number of carbonyl (C=O) groups excluding carboxylic acids is 1. The van der Waals surface area contributed by atoms with Gasteiger partial charge in [0, 0.05) is 6.04 Å². The van der Waals surface area contributed by atoms with Gasteiger partial charge in [0.1, 0.15) is 6.61 Å². The van der Waals surface area contributed by atoms with Crippen LogP contribution in [0.25, 0.3) is 0 Å². The number of hydrogen-bond donors (Lipinski definition) is 2. The van der Waals surface area contributed by atoms with Crippen molar-refractivity contribution in [3.8, 4) is 0 Å². The molecule has 3 heteroatoms. The number of aliphatic hydroxyl groups is 1. The smallest absolute Gasteiger partial charge is 0.245 e. The lowest BCUT2D eigenvalue weighted by atomic mass is 9.94. The van der Waals surface area contributed by atoms with Crippen LogP contribution < -0.4 is 5.32 Å². The first-order valence-corrected chi connectivity index (χ1v) is 6.23. The fourth-order valence-electron chi connectivity index (χ4n) is 2.64. The molecular weight excluding hydrogens is 214 g/mol. The second-order valence-corrected chi connectivity index (χ2v) is 4.71. The molecule has 0 spiro atoms. The number of aliphatic hydroxyl groups excluding tert-OH is 1. The highest BCUT2D eigenvalue weighted by molar-refractivity contribution is 5.77. The molecule has 1 aliphatic carbocycles. The molecule has 0 aromatic heterocycles. The third-order valence-corrected chi connectivity index (χ3v) is 3.49. The van der Waals surface area contributed by atoms with Crippen LogP contribution in [0, 0.1) is 5.92 Å². The maximum absolute atomic E-state index is 11.2. The van der Waals surface area contributed by atoms with Gasteiger partial charge in [-0.25, -0.2) is 0 Å². The van der Waals surface area contributed by atoms with Gasteiger partial charge in [0.2, 0.25) is 5.91 Å². The Balaban J connectivity index is 1.93. The highest BCUT2D eigenvalue weighted by Crippen LogP contribution is 2.28. The molecule has 0 radical (unpaired) electrons. The molecule has 1 aromatic carbocycles. The van der Waals surface area contributed by atoms with Gasteiger partial charge in [0.25, 0.3) is 0 Å². The standard InChI is InChI=1S/C14H19NO2/c16-10-14(17)15-13-8-4-7-12(13)9-11-5-2-1-3-6-11/h1-3,5-6,12-13,16H,4,7-10H2,(H,15,17)/t12-,13-/m1/s1. The van der Waals surface area contributed by atoms with Gasteiger partial charge in [-0.05, 0) is 30.7 Å². The van der Waals surface area contributed by atoms with Gasteiger partial charge in [-0.2, -0.15) is 0 Å². The van der Waals surface area contributed by atoms with E-state index in [-0.39, 0.29) is 11.9 Å². The summed E-state index contributed by atoms with van der Waals surface area (Å²) in [7, 11) is 0. The Morgan fingerprint density at radius 2 is 2.06 bits per heavy atom. The normalized spacial score (nSPS) is 23.6. The third kappa shape index (κ3) is 3.30. The molecule has 0 aliphatic heterocycles. The summed E-state index contributed by atoms with van der Waals surface area (Å²) in [5.41, 5.74) is 1.32. The number of amides is 1. The lowest BCUT2D eigenvalue weighted by Gasteiger charge is -2.20. The molecule has 1 saturated carbocycles. The summed E-state index contributed by atoms with van der Waals surface area (Å²) in [4.78, 5) is 11.2. The quantitative estimate of drug-likeness (QED) is 0.828. The Bertz CT molecular complexity index is 364. The molecule has 1 amide bonds. The van der Waals surface area contributed by atoms with Crippen molar-refractivity contribution < 1.29 is 9.90 Å². The van der Waals surface area contributed by atoms with Crippen LogP contribution in [0.3, 0.4) is 0 Å². The van der Waals surface area contributed by atoms with Crippen molar-refractivity contribution in [3.05, 3.63) is 35.9 Å². The van der Waals surface area contributed by atoms with Crippen LogP contribution in [-0.4, -0.2) is 23.7 Å². The Labute approximate surface area is 102 Å². The van der Waals surface area contributed by atoms with Gasteiger partial charge in [0.05, 0.1) is 0 Å². The predicted molar refractivity (Wildman–Crippen MR) is 66.5 cm³/mol. The molecule has 3 nitrogen and oxygen atoms in total. The third-order valence-electron chi connectivity index (χ3n) is 3.49. The van der Waals surface area contributed by atoms with E-state index in [1.54, 1.807) is 0 Å². The minimum absolute atomic E-state index is 0.231. The monoisotopic (exact) mass is 233 g/mol. The fraction of sp³-hybridized carbons (Fsp3) is 0.500. The van der Waals surface area contributed by atoms with E-state index in [4.69, 9.17) is 5.11 Å². The van der Waals surface area contributed by atoms with Crippen LogP contribution in [-0.2, 0) is 11.2 Å². The summed E-state index contributed by atoms with van der Waals surface area (Å²) < 4.78 is 0. The molecule has 0 saturated heterocycles. The molecule has 2 N–H and O–H groups in total. The summed E-state index contributed by atoms with van der Waals surface area (Å²) in [6.45, 7) is -0.408. The van der Waals surface area contributed by atoms with E-state index in [2.05, 4.69) is 17.4 Å². The second kappa shape index (κ2) is 5.82. The fourth-order valence-corrected chi connectivity index (χ4v) is 2.64. The largest absolute Gasteiger partial charge is 0.387 e. The minimum Gasteiger partial charge on any atom is -0.387 e. The van der Waals surface area contributed by atoms with Gasteiger partial charge in [-0.15, -0.1) is 0 Å². The van der Waals surface area contributed by atoms with Crippen molar-refractivity contribution in [2.45, 2.75) is 31.7 Å². The molecule has 1 fully saturated rings. The van der Waals surface area contributed by atoms with Crippen LogP contribution in [0.2, 0.25) is 0 Å². The summed E-state index contributed by atoms with van der Waals surface area (Å²) in [6, 6.07) is 10.6. The van der Waals surface area contributed by atoms with Crippen LogP contribution >= 0.6 is 0 Å². The van der Waals surface area contributed by atoms with E-state index in [1.807, 2.05) is 18.2 Å². The van der Waals surface area contributed by atoms with Gasteiger partial charge < -0.3 is 10.4 Å². The van der Waals surface area contributed by atoms with Gasteiger partial charge in [-0.3, -0.25) is 4.79 Å². The molecule has 0 bridgehead atoms. The van der Waals surface area contributed by atoms with E-state index in [9.17, 15) is 4.79 Å². The average Bonchev–Trinajstić information content (AvgIpc) is 2.78.